The SMILES string of the molecule is CC(=O)C(C)C(=O)C(=O)[O-].CC(=O)C(C)C(=O)C(=O)[O-].CC(=O)C(C)C(=O)C(=O)[O-].CC(=O)CC(=O)C(=O)[O-].CC(=O)CC(=O)C(=O)[O-].CC(=O)CC(=O)C(=O)[O-].[Al+3].[Al+3]. The summed E-state index contributed by atoms with van der Waals surface area (Å²) in [5.41, 5.74) is 0. The average molecular weight is 871 g/mol. The molecule has 0 radical (unpaired) electrons. The predicted octanol–water partition coefficient (Wildman–Crippen LogP) is -10.3. The summed E-state index contributed by atoms with van der Waals surface area (Å²) in [5, 5.41) is 58.4. The zero-order chi connectivity index (χ0) is 47.2. The van der Waals surface area contributed by atoms with Gasteiger partial charge in [0.15, 0.2) is 34.7 Å². The topological polar surface area (TPSA) is 446 Å². The molecule has 0 N–H and O–H groups in total. The number of ketones is 12. The fourth-order valence-corrected chi connectivity index (χ4v) is 1.98. The molecule has 3 unspecified atom stereocenters. The number of aliphatic carboxylic acids is 6. The number of rotatable bonds is 18. The van der Waals surface area contributed by atoms with Crippen molar-refractivity contribution >= 4 is 140 Å². The van der Waals surface area contributed by atoms with Gasteiger partial charge in [-0.25, -0.2) is 0 Å². The van der Waals surface area contributed by atoms with E-state index >= 15 is 0 Å². The van der Waals surface area contributed by atoms with Crippen molar-refractivity contribution in [3.05, 3.63) is 0 Å². The van der Waals surface area contributed by atoms with Crippen molar-refractivity contribution in [1.82, 2.24) is 0 Å². The van der Waals surface area contributed by atoms with Gasteiger partial charge < -0.3 is 59.4 Å². The van der Waals surface area contributed by atoms with E-state index in [2.05, 4.69) is 0 Å². The fraction of sp³-hybridized carbons (Fsp3) is 0.455. The number of carbonyl (C=O) groups is 18. The van der Waals surface area contributed by atoms with Crippen molar-refractivity contribution in [3.8, 4) is 0 Å². The molecule has 0 fully saturated rings. The third-order valence-corrected chi connectivity index (χ3v) is 5.52. The zero-order valence-corrected chi connectivity index (χ0v) is 35.1. The van der Waals surface area contributed by atoms with Gasteiger partial charge in [0, 0.05) is 0 Å². The van der Waals surface area contributed by atoms with Crippen LogP contribution in [0.15, 0.2) is 0 Å². The molecule has 0 saturated heterocycles. The largest absolute Gasteiger partial charge is 3.00 e. The van der Waals surface area contributed by atoms with E-state index in [4.69, 9.17) is 0 Å². The van der Waals surface area contributed by atoms with Gasteiger partial charge in [0.2, 0.25) is 0 Å². The Kier molecular flexibility index (Phi) is 44.9. The number of carboxylic acids is 6. The van der Waals surface area contributed by atoms with E-state index < -0.39 is 142 Å². The summed E-state index contributed by atoms with van der Waals surface area (Å²) in [7, 11) is 0. The molecule has 0 aliphatic carbocycles. The second-order valence-electron chi connectivity index (χ2n) is 10.7. The van der Waals surface area contributed by atoms with E-state index in [0.29, 0.717) is 0 Å². The standard InChI is InChI=1S/3C6H8O4.3C5H6O4.2Al/c3*1-3(4(2)7)5(8)6(9)10;3*1-3(6)2-4(7)5(8)9;;/h3*3H,1-2H3,(H,9,10);3*2H2,1H3,(H,8,9);;/q;;;;;;2*+3/p-6. The Labute approximate surface area is 355 Å². The summed E-state index contributed by atoms with van der Waals surface area (Å²) in [5.74, 6) is -23.8. The predicted molar refractivity (Wildman–Crippen MR) is 177 cm³/mol. The van der Waals surface area contributed by atoms with E-state index in [9.17, 15) is 117 Å². The Morgan fingerprint density at radius 2 is 0.441 bits per heavy atom. The molecule has 0 heterocycles. The first kappa shape index (κ1) is 70.7. The van der Waals surface area contributed by atoms with Gasteiger partial charge in [-0.1, -0.05) is 0 Å². The fourth-order valence-electron chi connectivity index (χ4n) is 1.98. The van der Waals surface area contributed by atoms with E-state index in [0.717, 1.165) is 41.5 Å². The van der Waals surface area contributed by atoms with E-state index in [-0.39, 0.29) is 34.7 Å². The third-order valence-electron chi connectivity index (χ3n) is 5.52. The molecule has 0 saturated carbocycles. The van der Waals surface area contributed by atoms with Gasteiger partial charge in [0.25, 0.3) is 0 Å². The van der Waals surface area contributed by atoms with Gasteiger partial charge in [-0.2, -0.15) is 0 Å². The first-order chi connectivity index (χ1) is 25.5. The van der Waals surface area contributed by atoms with E-state index in [1.165, 1.54) is 20.8 Å². The number of carbonyl (C=O) groups excluding carboxylic acids is 18. The van der Waals surface area contributed by atoms with Gasteiger partial charge in [-0.3, -0.25) is 57.5 Å². The van der Waals surface area contributed by atoms with Crippen LogP contribution in [-0.2, 0) is 86.3 Å². The third kappa shape index (κ3) is 44.5. The summed E-state index contributed by atoms with van der Waals surface area (Å²) >= 11 is 0. The zero-order valence-electron chi connectivity index (χ0n) is 32.8. The smallest absolute Gasteiger partial charge is 0.542 e. The van der Waals surface area contributed by atoms with Crippen molar-refractivity contribution in [1.29, 1.82) is 0 Å². The van der Waals surface area contributed by atoms with Gasteiger partial charge in [0.1, 0.15) is 70.5 Å². The maximum Gasteiger partial charge on any atom is 3.00 e. The van der Waals surface area contributed by atoms with Crippen LogP contribution in [-0.4, -0.2) is 140 Å². The van der Waals surface area contributed by atoms with Crippen molar-refractivity contribution in [2.45, 2.75) is 81.6 Å². The number of hydrogen-bond donors (Lipinski definition) is 0. The van der Waals surface area contributed by atoms with Crippen LogP contribution in [0.5, 0.6) is 0 Å². The minimum Gasteiger partial charge on any atom is -0.542 e. The quantitative estimate of drug-likeness (QED) is 0.0701. The van der Waals surface area contributed by atoms with Crippen molar-refractivity contribution in [3.63, 3.8) is 0 Å². The minimum absolute atomic E-state index is 0. The molecule has 0 amide bonds. The van der Waals surface area contributed by atoms with Gasteiger partial charge >= 0.3 is 34.7 Å². The molecule has 0 aromatic carbocycles. The first-order valence-electron chi connectivity index (χ1n) is 15.0. The molecule has 26 heteroatoms. The van der Waals surface area contributed by atoms with Crippen LogP contribution in [0.3, 0.4) is 0 Å². The van der Waals surface area contributed by atoms with Crippen molar-refractivity contribution < 1.29 is 117 Å². The Hall–Kier alpha value is -6.08. The molecule has 0 aromatic rings. The summed E-state index contributed by atoms with van der Waals surface area (Å²) < 4.78 is 0. The molecule has 59 heavy (non-hydrogen) atoms. The molecular formula is C33H36Al2O24. The van der Waals surface area contributed by atoms with Gasteiger partial charge in [0.05, 0.1) is 37.0 Å². The molecule has 318 valence electrons. The second kappa shape index (κ2) is 37.5. The second-order valence-corrected chi connectivity index (χ2v) is 10.7. The molecule has 0 rings (SSSR count). The molecular weight excluding hydrogens is 834 g/mol. The molecule has 3 atom stereocenters. The molecule has 0 aromatic heterocycles. The average Bonchev–Trinajstić information content (AvgIpc) is 3.06. The van der Waals surface area contributed by atoms with Crippen LogP contribution in [0.2, 0.25) is 0 Å². The molecule has 0 aliphatic heterocycles. The van der Waals surface area contributed by atoms with Crippen LogP contribution in [0.4, 0.5) is 0 Å². The van der Waals surface area contributed by atoms with Crippen LogP contribution < -0.4 is 30.6 Å². The van der Waals surface area contributed by atoms with Gasteiger partial charge in [-0.15, -0.1) is 0 Å². The maximum atomic E-state index is 10.4. The number of Topliss-reactive ketones (excluding diaryl/α,β-unsaturated/α-hetero) is 12. The summed E-state index contributed by atoms with van der Waals surface area (Å²) in [6, 6.07) is 0. The van der Waals surface area contributed by atoms with Crippen LogP contribution in [0, 0.1) is 17.8 Å². The molecule has 0 aliphatic rings. The Balaban J connectivity index is -0.0000000876. The monoisotopic (exact) mass is 870 g/mol. The normalized spacial score (nSPS) is 10.1. The number of hydrogen-bond acceptors (Lipinski definition) is 24. The first-order valence-corrected chi connectivity index (χ1v) is 15.0. The van der Waals surface area contributed by atoms with Crippen molar-refractivity contribution in [2.24, 2.45) is 17.8 Å². The molecule has 0 spiro atoms. The summed E-state index contributed by atoms with van der Waals surface area (Å²) in [6.45, 7) is 10.6. The van der Waals surface area contributed by atoms with Crippen LogP contribution >= 0.6 is 0 Å². The summed E-state index contributed by atoms with van der Waals surface area (Å²) in [4.78, 5) is 181. The van der Waals surface area contributed by atoms with E-state index in [1.807, 2.05) is 0 Å². The van der Waals surface area contributed by atoms with Crippen molar-refractivity contribution in [2.75, 3.05) is 0 Å². The number of carboxylic acid groups (broad SMARTS) is 6. The molecule has 24 nitrogen and oxygen atoms in total. The van der Waals surface area contributed by atoms with Gasteiger partial charge in [-0.05, 0) is 62.3 Å². The Morgan fingerprint density at radius 1 is 0.305 bits per heavy atom. The van der Waals surface area contributed by atoms with Crippen LogP contribution in [0.1, 0.15) is 81.6 Å². The molecule has 0 bridgehead atoms. The summed E-state index contributed by atoms with van der Waals surface area (Å²) in [6.07, 6.45) is -1.70. The minimum atomic E-state index is -1.80. The maximum absolute atomic E-state index is 10.4. The Bertz CT molecular complexity index is 1460. The van der Waals surface area contributed by atoms with E-state index in [1.54, 1.807) is 0 Å². The van der Waals surface area contributed by atoms with Crippen LogP contribution in [0.25, 0.3) is 0 Å². The Morgan fingerprint density at radius 3 is 0.475 bits per heavy atom.